The number of carbonyl (C=O) groups is 1. The second kappa shape index (κ2) is 8.86. The molecular weight excluding hydrogens is 424 g/mol. The Bertz CT molecular complexity index is 1270. The number of ether oxygens (including phenoxy) is 1. The van der Waals surface area contributed by atoms with Gasteiger partial charge in [0.1, 0.15) is 22.7 Å². The lowest BCUT2D eigenvalue weighted by molar-refractivity contribution is -0.113. The molecule has 1 amide bonds. The summed E-state index contributed by atoms with van der Waals surface area (Å²) in [6.45, 7) is 1.99. The fraction of sp³-hybridized carbons (Fsp3) is 0.375. The third-order valence-corrected chi connectivity index (χ3v) is 7.02. The van der Waals surface area contributed by atoms with E-state index in [-0.39, 0.29) is 11.7 Å². The normalized spacial score (nSPS) is 14.8. The van der Waals surface area contributed by atoms with Crippen molar-refractivity contribution >= 4 is 45.3 Å². The topological polar surface area (TPSA) is 82.2 Å². The smallest absolute Gasteiger partial charge is 0.234 e. The van der Waals surface area contributed by atoms with E-state index >= 15 is 0 Å². The average Bonchev–Trinajstić information content (AvgIpc) is 3.37. The summed E-state index contributed by atoms with van der Waals surface area (Å²) in [4.78, 5) is 12.8. The highest BCUT2D eigenvalue weighted by Crippen LogP contribution is 2.37. The van der Waals surface area contributed by atoms with Crippen LogP contribution in [0.2, 0.25) is 0 Å². The number of aryl methyl sites for hydroxylation is 1. The molecule has 1 N–H and O–H groups in total. The SMILES string of the molecule is COc1cc2c(cc1NC(=O)CSc1nnc(C)n1C1CCCCC1)oc1ccccc12. The number of amides is 1. The summed E-state index contributed by atoms with van der Waals surface area (Å²) in [5.74, 6) is 1.63. The molecule has 4 aromatic rings. The van der Waals surface area contributed by atoms with Crippen LogP contribution in [0.15, 0.2) is 46.0 Å². The number of methoxy groups -OCH3 is 1. The highest BCUT2D eigenvalue weighted by molar-refractivity contribution is 7.99. The molecule has 0 spiro atoms. The first-order valence-electron chi connectivity index (χ1n) is 11.0. The highest BCUT2D eigenvalue weighted by Gasteiger charge is 2.22. The van der Waals surface area contributed by atoms with Gasteiger partial charge in [-0.3, -0.25) is 4.79 Å². The summed E-state index contributed by atoms with van der Waals surface area (Å²) in [7, 11) is 1.60. The molecule has 32 heavy (non-hydrogen) atoms. The Labute approximate surface area is 190 Å². The molecule has 5 rings (SSSR count). The lowest BCUT2D eigenvalue weighted by atomic mass is 9.95. The van der Waals surface area contributed by atoms with Gasteiger partial charge in [0.15, 0.2) is 5.16 Å². The Morgan fingerprint density at radius 2 is 1.97 bits per heavy atom. The second-order valence-corrected chi connectivity index (χ2v) is 9.12. The first kappa shape index (κ1) is 20.9. The van der Waals surface area contributed by atoms with Crippen LogP contribution in [0.25, 0.3) is 21.9 Å². The fourth-order valence-electron chi connectivity index (χ4n) is 4.54. The van der Waals surface area contributed by atoms with E-state index in [0.29, 0.717) is 23.1 Å². The van der Waals surface area contributed by atoms with Crippen LogP contribution in [-0.4, -0.2) is 33.5 Å². The van der Waals surface area contributed by atoms with Gasteiger partial charge in [-0.15, -0.1) is 10.2 Å². The highest BCUT2D eigenvalue weighted by atomic mass is 32.2. The molecule has 0 bridgehead atoms. The Morgan fingerprint density at radius 1 is 1.16 bits per heavy atom. The van der Waals surface area contributed by atoms with Crippen LogP contribution in [-0.2, 0) is 4.79 Å². The van der Waals surface area contributed by atoms with E-state index in [0.717, 1.165) is 40.2 Å². The van der Waals surface area contributed by atoms with Crippen LogP contribution in [0, 0.1) is 6.92 Å². The van der Waals surface area contributed by atoms with Gasteiger partial charge in [0.05, 0.1) is 18.6 Å². The van der Waals surface area contributed by atoms with E-state index in [1.54, 1.807) is 7.11 Å². The maximum absolute atomic E-state index is 12.8. The van der Waals surface area contributed by atoms with Crippen molar-refractivity contribution in [1.29, 1.82) is 0 Å². The van der Waals surface area contributed by atoms with Gasteiger partial charge in [-0.25, -0.2) is 0 Å². The van der Waals surface area contributed by atoms with E-state index < -0.39 is 0 Å². The molecule has 0 unspecified atom stereocenters. The van der Waals surface area contributed by atoms with Crippen molar-refractivity contribution in [2.45, 2.75) is 50.2 Å². The number of thioether (sulfide) groups is 1. The zero-order valence-electron chi connectivity index (χ0n) is 18.3. The van der Waals surface area contributed by atoms with Crippen molar-refractivity contribution in [3.8, 4) is 5.75 Å². The van der Waals surface area contributed by atoms with Gasteiger partial charge in [-0.2, -0.15) is 0 Å². The summed E-state index contributed by atoms with van der Waals surface area (Å²) in [6.07, 6.45) is 6.05. The minimum absolute atomic E-state index is 0.125. The van der Waals surface area contributed by atoms with E-state index in [1.807, 2.05) is 43.3 Å². The van der Waals surface area contributed by atoms with Gasteiger partial charge in [-0.1, -0.05) is 49.2 Å². The maximum atomic E-state index is 12.8. The molecule has 1 aliphatic rings. The van der Waals surface area contributed by atoms with Crippen LogP contribution in [0.5, 0.6) is 5.75 Å². The number of hydrogen-bond acceptors (Lipinski definition) is 6. The minimum Gasteiger partial charge on any atom is -0.495 e. The number of para-hydroxylation sites is 1. The molecule has 7 nitrogen and oxygen atoms in total. The largest absolute Gasteiger partial charge is 0.495 e. The van der Waals surface area contributed by atoms with Crippen LogP contribution in [0.3, 0.4) is 0 Å². The Kier molecular flexibility index (Phi) is 5.78. The van der Waals surface area contributed by atoms with E-state index in [9.17, 15) is 4.79 Å². The number of nitrogens with zero attached hydrogens (tertiary/aromatic N) is 3. The molecule has 0 radical (unpaired) electrons. The number of hydrogen-bond donors (Lipinski definition) is 1. The van der Waals surface area contributed by atoms with Crippen molar-refractivity contribution in [3.05, 3.63) is 42.2 Å². The lowest BCUT2D eigenvalue weighted by Gasteiger charge is -2.24. The summed E-state index contributed by atoms with van der Waals surface area (Å²) in [6, 6.07) is 12.0. The summed E-state index contributed by atoms with van der Waals surface area (Å²) < 4.78 is 13.7. The summed E-state index contributed by atoms with van der Waals surface area (Å²) in [5.41, 5.74) is 2.11. The summed E-state index contributed by atoms with van der Waals surface area (Å²) in [5, 5.41) is 14.3. The maximum Gasteiger partial charge on any atom is 0.234 e. The number of nitrogens with one attached hydrogen (secondary N) is 1. The van der Waals surface area contributed by atoms with Gasteiger partial charge in [0.25, 0.3) is 0 Å². The number of aromatic nitrogens is 3. The molecule has 1 aliphatic carbocycles. The van der Waals surface area contributed by atoms with Gasteiger partial charge in [-0.05, 0) is 31.9 Å². The van der Waals surface area contributed by atoms with Gasteiger partial charge in [0.2, 0.25) is 5.91 Å². The van der Waals surface area contributed by atoms with Gasteiger partial charge in [0, 0.05) is 22.9 Å². The zero-order chi connectivity index (χ0) is 22.1. The van der Waals surface area contributed by atoms with Crippen LogP contribution in [0.1, 0.15) is 44.0 Å². The zero-order valence-corrected chi connectivity index (χ0v) is 19.1. The van der Waals surface area contributed by atoms with Crippen molar-refractivity contribution in [1.82, 2.24) is 14.8 Å². The quantitative estimate of drug-likeness (QED) is 0.378. The van der Waals surface area contributed by atoms with Crippen LogP contribution < -0.4 is 10.1 Å². The number of anilines is 1. The molecule has 2 aromatic heterocycles. The Balaban J connectivity index is 1.33. The molecule has 1 fully saturated rings. The molecule has 0 saturated heterocycles. The lowest BCUT2D eigenvalue weighted by Crippen LogP contribution is -2.17. The number of carbonyl (C=O) groups excluding carboxylic acids is 1. The third-order valence-electron chi connectivity index (χ3n) is 6.08. The molecule has 1 saturated carbocycles. The molecule has 2 heterocycles. The van der Waals surface area contributed by atoms with Gasteiger partial charge >= 0.3 is 0 Å². The number of benzene rings is 2. The van der Waals surface area contributed by atoms with Gasteiger partial charge < -0.3 is 19.0 Å². The first-order chi connectivity index (χ1) is 15.6. The second-order valence-electron chi connectivity index (χ2n) is 8.18. The van der Waals surface area contributed by atoms with Crippen molar-refractivity contribution < 1.29 is 13.9 Å². The minimum atomic E-state index is -0.125. The molecule has 2 aromatic carbocycles. The number of fused-ring (bicyclic) bond motifs is 3. The molecule has 0 aliphatic heterocycles. The Morgan fingerprint density at radius 3 is 2.78 bits per heavy atom. The monoisotopic (exact) mass is 450 g/mol. The third kappa shape index (κ3) is 3.95. The van der Waals surface area contributed by atoms with Crippen LogP contribution in [0.4, 0.5) is 5.69 Å². The fourth-order valence-corrected chi connectivity index (χ4v) is 5.39. The molecule has 166 valence electrons. The van der Waals surface area contributed by atoms with Crippen LogP contribution >= 0.6 is 11.8 Å². The standard InChI is InChI=1S/C24H26N4O3S/c1-15-26-27-24(28(15)16-8-4-3-5-9-16)32-14-23(29)25-19-13-21-18(12-22(19)30-2)17-10-6-7-11-20(17)31-21/h6-7,10-13,16H,3-5,8-9,14H2,1-2H3,(H,25,29). The number of rotatable bonds is 6. The van der Waals surface area contributed by atoms with E-state index in [1.165, 1.54) is 31.0 Å². The van der Waals surface area contributed by atoms with Crippen molar-refractivity contribution in [2.24, 2.45) is 0 Å². The molecular formula is C24H26N4O3S. The Hall–Kier alpha value is -3.00. The average molecular weight is 451 g/mol. The van der Waals surface area contributed by atoms with Crippen molar-refractivity contribution in [3.63, 3.8) is 0 Å². The number of furan rings is 1. The molecule has 0 atom stereocenters. The van der Waals surface area contributed by atoms with Crippen molar-refractivity contribution in [2.75, 3.05) is 18.2 Å². The van der Waals surface area contributed by atoms with E-state index in [2.05, 4.69) is 20.1 Å². The van der Waals surface area contributed by atoms with E-state index in [4.69, 9.17) is 9.15 Å². The summed E-state index contributed by atoms with van der Waals surface area (Å²) >= 11 is 1.42. The predicted octanol–water partition coefficient (Wildman–Crippen LogP) is 5.73. The molecule has 8 heteroatoms. The predicted molar refractivity (Wildman–Crippen MR) is 127 cm³/mol. The first-order valence-corrected chi connectivity index (χ1v) is 12.0.